The number of rotatable bonds is 6. The number of hydrogen-bond acceptors (Lipinski definition) is 3. The summed E-state index contributed by atoms with van der Waals surface area (Å²) < 4.78 is 13.8. The summed E-state index contributed by atoms with van der Waals surface area (Å²) in [7, 11) is 4.10. The second-order valence-electron chi connectivity index (χ2n) is 8.58. The molecule has 0 aliphatic heterocycles. The van der Waals surface area contributed by atoms with E-state index in [1.807, 2.05) is 50.5 Å². The number of aromatic amines is 1. The fourth-order valence-electron chi connectivity index (χ4n) is 4.72. The molecule has 31 heavy (non-hydrogen) atoms. The Morgan fingerprint density at radius 3 is 2.48 bits per heavy atom. The van der Waals surface area contributed by atoms with Gasteiger partial charge in [0.05, 0.1) is 5.69 Å². The first-order valence-corrected chi connectivity index (χ1v) is 10.8. The van der Waals surface area contributed by atoms with Crippen LogP contribution in [0.5, 0.6) is 0 Å². The maximum Gasteiger partial charge on any atom is 0.269 e. The third-order valence-corrected chi connectivity index (χ3v) is 6.19. The van der Waals surface area contributed by atoms with Gasteiger partial charge >= 0.3 is 0 Å². The van der Waals surface area contributed by atoms with Crippen molar-refractivity contribution in [3.63, 3.8) is 0 Å². The quantitative estimate of drug-likeness (QED) is 0.602. The topological polar surface area (TPSA) is 61.0 Å². The molecule has 5 nitrogen and oxygen atoms in total. The van der Waals surface area contributed by atoms with E-state index >= 15 is 0 Å². The van der Waals surface area contributed by atoms with Crippen molar-refractivity contribution >= 4 is 5.91 Å². The third kappa shape index (κ3) is 5.02. The minimum atomic E-state index is -0.195. The zero-order valence-corrected chi connectivity index (χ0v) is 18.0. The SMILES string of the molecule is CN(C)C(c1cccc(F)c1)C1CCC(NC(=O)c2cc(-c3ccccc3)n[nH]2)CC1. The molecule has 1 heterocycles. The van der Waals surface area contributed by atoms with Crippen molar-refractivity contribution in [1.82, 2.24) is 20.4 Å². The Bertz CT molecular complexity index is 1010. The second-order valence-corrected chi connectivity index (χ2v) is 8.58. The molecule has 1 aliphatic carbocycles. The van der Waals surface area contributed by atoms with Gasteiger partial charge in [0.25, 0.3) is 5.91 Å². The lowest BCUT2D eigenvalue weighted by molar-refractivity contribution is 0.0901. The summed E-state index contributed by atoms with van der Waals surface area (Å²) in [5.41, 5.74) is 3.24. The highest BCUT2D eigenvalue weighted by Crippen LogP contribution is 2.37. The molecule has 0 radical (unpaired) electrons. The molecule has 1 fully saturated rings. The number of nitrogens with one attached hydrogen (secondary N) is 2. The molecule has 2 N–H and O–H groups in total. The number of benzene rings is 2. The summed E-state index contributed by atoms with van der Waals surface area (Å²) in [6, 6.07) is 18.8. The number of carbonyl (C=O) groups excluding carboxylic acids is 1. The summed E-state index contributed by atoms with van der Waals surface area (Å²) in [6.07, 6.45) is 3.80. The van der Waals surface area contributed by atoms with Crippen molar-refractivity contribution < 1.29 is 9.18 Å². The molecule has 6 heteroatoms. The molecular weight excluding hydrogens is 391 g/mol. The van der Waals surface area contributed by atoms with Gasteiger partial charge in [-0.1, -0.05) is 42.5 Å². The van der Waals surface area contributed by atoms with E-state index in [1.54, 1.807) is 18.2 Å². The maximum absolute atomic E-state index is 13.8. The van der Waals surface area contributed by atoms with Crippen LogP contribution in [0.1, 0.15) is 47.8 Å². The zero-order valence-electron chi connectivity index (χ0n) is 18.0. The molecule has 1 aromatic heterocycles. The highest BCUT2D eigenvalue weighted by molar-refractivity contribution is 5.93. The fourth-order valence-corrected chi connectivity index (χ4v) is 4.72. The maximum atomic E-state index is 13.8. The Labute approximate surface area is 182 Å². The molecule has 1 amide bonds. The van der Waals surface area contributed by atoms with E-state index in [2.05, 4.69) is 20.4 Å². The van der Waals surface area contributed by atoms with E-state index < -0.39 is 0 Å². The molecule has 1 saturated carbocycles. The summed E-state index contributed by atoms with van der Waals surface area (Å²) in [5.74, 6) is 0.119. The lowest BCUT2D eigenvalue weighted by Gasteiger charge is -2.37. The first-order valence-electron chi connectivity index (χ1n) is 10.8. The average molecular weight is 421 g/mol. The average Bonchev–Trinajstić information content (AvgIpc) is 3.26. The Kier molecular flexibility index (Phi) is 6.47. The van der Waals surface area contributed by atoms with Crippen LogP contribution < -0.4 is 5.32 Å². The van der Waals surface area contributed by atoms with Gasteiger partial charge in [0.15, 0.2) is 0 Å². The molecular formula is C25H29FN4O. The smallest absolute Gasteiger partial charge is 0.269 e. The Balaban J connectivity index is 1.35. The molecule has 0 bridgehead atoms. The van der Waals surface area contributed by atoms with Crippen LogP contribution in [0.2, 0.25) is 0 Å². The van der Waals surface area contributed by atoms with Crippen LogP contribution in [0.4, 0.5) is 4.39 Å². The van der Waals surface area contributed by atoms with Crippen molar-refractivity contribution in [3.8, 4) is 11.3 Å². The van der Waals surface area contributed by atoms with Crippen LogP contribution in [0.25, 0.3) is 11.3 Å². The van der Waals surface area contributed by atoms with Crippen molar-refractivity contribution in [1.29, 1.82) is 0 Å². The van der Waals surface area contributed by atoms with E-state index in [9.17, 15) is 9.18 Å². The summed E-state index contributed by atoms with van der Waals surface area (Å²) in [6.45, 7) is 0. The molecule has 3 aromatic rings. The fraction of sp³-hybridized carbons (Fsp3) is 0.360. The third-order valence-electron chi connectivity index (χ3n) is 6.19. The van der Waals surface area contributed by atoms with Crippen molar-refractivity contribution in [2.45, 2.75) is 37.8 Å². The van der Waals surface area contributed by atoms with Crippen molar-refractivity contribution in [2.24, 2.45) is 5.92 Å². The van der Waals surface area contributed by atoms with Crippen LogP contribution in [-0.2, 0) is 0 Å². The number of halogens is 1. The van der Waals surface area contributed by atoms with Gasteiger partial charge in [0.1, 0.15) is 11.5 Å². The minimum Gasteiger partial charge on any atom is -0.348 e. The van der Waals surface area contributed by atoms with E-state index in [1.165, 1.54) is 6.07 Å². The van der Waals surface area contributed by atoms with E-state index in [0.29, 0.717) is 11.6 Å². The number of amides is 1. The Morgan fingerprint density at radius 1 is 1.06 bits per heavy atom. The monoisotopic (exact) mass is 420 g/mol. The first-order chi connectivity index (χ1) is 15.0. The van der Waals surface area contributed by atoms with Crippen molar-refractivity contribution in [2.75, 3.05) is 14.1 Å². The lowest BCUT2D eigenvalue weighted by atomic mass is 9.78. The van der Waals surface area contributed by atoms with Crippen molar-refractivity contribution in [3.05, 3.63) is 77.7 Å². The van der Waals surface area contributed by atoms with Crippen LogP contribution in [0, 0.1) is 11.7 Å². The van der Waals surface area contributed by atoms with Gasteiger partial charge in [-0.25, -0.2) is 4.39 Å². The molecule has 1 aliphatic rings. The molecule has 0 spiro atoms. The van der Waals surface area contributed by atoms with E-state index in [-0.39, 0.29) is 23.8 Å². The second kappa shape index (κ2) is 9.43. The highest BCUT2D eigenvalue weighted by atomic mass is 19.1. The summed E-state index contributed by atoms with van der Waals surface area (Å²) >= 11 is 0. The molecule has 1 unspecified atom stereocenters. The predicted octanol–water partition coefficient (Wildman–Crippen LogP) is 4.81. The van der Waals surface area contributed by atoms with Crippen LogP contribution in [0.3, 0.4) is 0 Å². The van der Waals surface area contributed by atoms with Gasteiger partial charge in [-0.15, -0.1) is 0 Å². The highest BCUT2D eigenvalue weighted by Gasteiger charge is 2.31. The number of H-pyrrole nitrogens is 1. The standard InChI is InChI=1S/C25H29FN4O/c1-30(2)24(19-9-6-10-20(26)15-19)18-11-13-21(14-12-18)27-25(31)23-16-22(28-29-23)17-7-4-3-5-8-17/h3-10,15-16,18,21,24H,11-14H2,1-2H3,(H,27,31)(H,28,29). The van der Waals surface area contributed by atoms with E-state index in [4.69, 9.17) is 0 Å². The zero-order chi connectivity index (χ0) is 21.8. The van der Waals surface area contributed by atoms with Gasteiger partial charge in [-0.2, -0.15) is 5.10 Å². The molecule has 2 aromatic carbocycles. The van der Waals surface area contributed by atoms with Gasteiger partial charge < -0.3 is 10.2 Å². The van der Waals surface area contributed by atoms with E-state index in [0.717, 1.165) is 42.5 Å². The molecule has 162 valence electrons. The number of aromatic nitrogens is 2. The molecule has 4 rings (SSSR count). The van der Waals surface area contributed by atoms with Gasteiger partial charge in [0.2, 0.25) is 0 Å². The Morgan fingerprint density at radius 2 is 1.81 bits per heavy atom. The first kappa shape index (κ1) is 21.2. The number of nitrogens with zero attached hydrogens (tertiary/aromatic N) is 2. The van der Waals surface area contributed by atoms with Gasteiger partial charge in [-0.05, 0) is 69.5 Å². The number of carbonyl (C=O) groups is 1. The molecule has 0 saturated heterocycles. The number of hydrogen-bond donors (Lipinski definition) is 2. The van der Waals surface area contributed by atoms with Gasteiger partial charge in [-0.3, -0.25) is 9.89 Å². The predicted molar refractivity (Wildman–Crippen MR) is 120 cm³/mol. The normalized spacial score (nSPS) is 19.9. The summed E-state index contributed by atoms with van der Waals surface area (Å²) in [5, 5.41) is 10.3. The minimum absolute atomic E-state index is 0.118. The van der Waals surface area contributed by atoms with Crippen LogP contribution in [-0.4, -0.2) is 41.1 Å². The molecule has 1 atom stereocenters. The van der Waals surface area contributed by atoms with Crippen LogP contribution in [0.15, 0.2) is 60.7 Å². The Hall–Kier alpha value is -2.99. The summed E-state index contributed by atoms with van der Waals surface area (Å²) in [4.78, 5) is 14.9. The largest absolute Gasteiger partial charge is 0.348 e. The van der Waals surface area contributed by atoms with Crippen LogP contribution >= 0.6 is 0 Å². The van der Waals surface area contributed by atoms with Gasteiger partial charge in [0, 0.05) is 17.6 Å². The lowest BCUT2D eigenvalue weighted by Crippen LogP contribution is -2.40.